The van der Waals surface area contributed by atoms with Gasteiger partial charge in [0.25, 0.3) is 0 Å². The van der Waals surface area contributed by atoms with Crippen LogP contribution in [0.1, 0.15) is 12.5 Å². The highest BCUT2D eigenvalue weighted by atomic mass is 16.5. The van der Waals surface area contributed by atoms with Gasteiger partial charge in [-0.3, -0.25) is 0 Å². The first-order chi connectivity index (χ1) is 9.78. The lowest BCUT2D eigenvalue weighted by Gasteiger charge is -2.11. The predicted molar refractivity (Wildman–Crippen MR) is 82.4 cm³/mol. The molecule has 0 radical (unpaired) electrons. The normalized spacial score (nSPS) is 10.3. The average molecular weight is 271 g/mol. The van der Waals surface area contributed by atoms with Crippen LogP contribution in [0.25, 0.3) is 11.1 Å². The number of hydrogen-bond donors (Lipinski definition) is 1. The minimum Gasteiger partial charge on any atom is -0.497 e. The van der Waals surface area contributed by atoms with E-state index in [9.17, 15) is 0 Å². The molecule has 0 amide bonds. The SMILES string of the molecule is CCNCc1ccc(-c2ccc(OC)cc2OC)cc1. The monoisotopic (exact) mass is 271 g/mol. The van der Waals surface area contributed by atoms with Crippen molar-refractivity contribution >= 4 is 0 Å². The zero-order valence-electron chi connectivity index (χ0n) is 12.3. The van der Waals surface area contributed by atoms with Gasteiger partial charge < -0.3 is 14.8 Å². The minimum absolute atomic E-state index is 0.800. The summed E-state index contributed by atoms with van der Waals surface area (Å²) < 4.78 is 10.7. The maximum absolute atomic E-state index is 5.45. The lowest BCUT2D eigenvalue weighted by Crippen LogP contribution is -2.11. The molecule has 0 spiro atoms. The summed E-state index contributed by atoms with van der Waals surface area (Å²) in [6.45, 7) is 3.99. The molecule has 0 aliphatic heterocycles. The first kappa shape index (κ1) is 14.4. The molecule has 1 N–H and O–H groups in total. The molecule has 0 saturated heterocycles. The summed E-state index contributed by atoms with van der Waals surface area (Å²) in [6, 6.07) is 14.4. The highest BCUT2D eigenvalue weighted by molar-refractivity contribution is 5.71. The van der Waals surface area contributed by atoms with E-state index < -0.39 is 0 Å². The molecule has 0 heterocycles. The molecule has 0 atom stereocenters. The third-order valence-corrected chi connectivity index (χ3v) is 3.25. The molecule has 3 nitrogen and oxygen atoms in total. The molecule has 0 bridgehead atoms. The first-order valence-corrected chi connectivity index (χ1v) is 6.80. The van der Waals surface area contributed by atoms with E-state index in [1.165, 1.54) is 5.56 Å². The van der Waals surface area contributed by atoms with Crippen LogP contribution in [0.5, 0.6) is 11.5 Å². The van der Waals surface area contributed by atoms with Crippen LogP contribution >= 0.6 is 0 Å². The fourth-order valence-corrected chi connectivity index (χ4v) is 2.11. The quantitative estimate of drug-likeness (QED) is 0.872. The molecule has 0 aromatic heterocycles. The fourth-order valence-electron chi connectivity index (χ4n) is 2.11. The van der Waals surface area contributed by atoms with Crippen molar-refractivity contribution < 1.29 is 9.47 Å². The van der Waals surface area contributed by atoms with E-state index in [-0.39, 0.29) is 0 Å². The number of benzene rings is 2. The van der Waals surface area contributed by atoms with Crippen molar-refractivity contribution in [3.05, 3.63) is 48.0 Å². The molecular weight excluding hydrogens is 250 g/mol. The van der Waals surface area contributed by atoms with Crippen molar-refractivity contribution in [2.24, 2.45) is 0 Å². The standard InChI is InChI=1S/C17H21NO2/c1-4-18-12-13-5-7-14(8-6-13)16-10-9-15(19-2)11-17(16)20-3/h5-11,18H,4,12H2,1-3H3. The summed E-state index contributed by atoms with van der Waals surface area (Å²) in [7, 11) is 3.34. The summed E-state index contributed by atoms with van der Waals surface area (Å²) in [6.07, 6.45) is 0. The Kier molecular flexibility index (Phi) is 5.02. The van der Waals surface area contributed by atoms with Crippen LogP contribution in [-0.4, -0.2) is 20.8 Å². The van der Waals surface area contributed by atoms with E-state index >= 15 is 0 Å². The van der Waals surface area contributed by atoms with Crippen molar-refractivity contribution in [1.29, 1.82) is 0 Å². The van der Waals surface area contributed by atoms with Crippen molar-refractivity contribution in [3.63, 3.8) is 0 Å². The third kappa shape index (κ3) is 3.31. The van der Waals surface area contributed by atoms with Gasteiger partial charge in [-0.1, -0.05) is 31.2 Å². The molecule has 2 aromatic carbocycles. The van der Waals surface area contributed by atoms with Crippen LogP contribution in [0, 0.1) is 0 Å². The Hall–Kier alpha value is -2.00. The van der Waals surface area contributed by atoms with Crippen molar-refractivity contribution in [2.45, 2.75) is 13.5 Å². The Labute approximate surface area is 120 Å². The van der Waals surface area contributed by atoms with Gasteiger partial charge in [-0.05, 0) is 29.8 Å². The summed E-state index contributed by atoms with van der Waals surface area (Å²) in [4.78, 5) is 0. The first-order valence-electron chi connectivity index (χ1n) is 6.80. The van der Waals surface area contributed by atoms with Crippen LogP contribution in [0.3, 0.4) is 0 Å². The zero-order chi connectivity index (χ0) is 14.4. The van der Waals surface area contributed by atoms with E-state index in [1.807, 2.05) is 18.2 Å². The molecule has 106 valence electrons. The van der Waals surface area contributed by atoms with Gasteiger partial charge in [0.15, 0.2) is 0 Å². The van der Waals surface area contributed by atoms with Crippen LogP contribution in [-0.2, 0) is 6.54 Å². The van der Waals surface area contributed by atoms with Gasteiger partial charge in [-0.15, -0.1) is 0 Å². The van der Waals surface area contributed by atoms with E-state index in [0.29, 0.717) is 0 Å². The van der Waals surface area contributed by atoms with E-state index in [2.05, 4.69) is 36.5 Å². The van der Waals surface area contributed by atoms with Gasteiger partial charge in [-0.25, -0.2) is 0 Å². The molecule has 2 aromatic rings. The second-order valence-electron chi connectivity index (χ2n) is 4.54. The molecule has 2 rings (SSSR count). The average Bonchev–Trinajstić information content (AvgIpc) is 2.52. The molecule has 0 aliphatic rings. The Balaban J connectivity index is 2.26. The maximum Gasteiger partial charge on any atom is 0.130 e. The molecule has 3 heteroatoms. The second-order valence-corrected chi connectivity index (χ2v) is 4.54. The predicted octanol–water partition coefficient (Wildman–Crippen LogP) is 3.48. The number of methoxy groups -OCH3 is 2. The fraction of sp³-hybridized carbons (Fsp3) is 0.294. The number of rotatable bonds is 6. The lowest BCUT2D eigenvalue weighted by molar-refractivity contribution is 0.395. The zero-order valence-corrected chi connectivity index (χ0v) is 12.3. The number of nitrogens with one attached hydrogen (secondary N) is 1. The van der Waals surface area contributed by atoms with Crippen LogP contribution in [0.15, 0.2) is 42.5 Å². The van der Waals surface area contributed by atoms with Gasteiger partial charge >= 0.3 is 0 Å². The van der Waals surface area contributed by atoms with E-state index in [0.717, 1.165) is 35.7 Å². The largest absolute Gasteiger partial charge is 0.497 e. The van der Waals surface area contributed by atoms with Gasteiger partial charge in [-0.2, -0.15) is 0 Å². The summed E-state index contributed by atoms with van der Waals surface area (Å²) in [5.41, 5.74) is 3.50. The van der Waals surface area contributed by atoms with E-state index in [4.69, 9.17) is 9.47 Å². The molecule has 0 unspecified atom stereocenters. The molecule has 0 saturated carbocycles. The maximum atomic E-state index is 5.45. The summed E-state index contributed by atoms with van der Waals surface area (Å²) in [5.74, 6) is 1.62. The van der Waals surface area contributed by atoms with Crippen LogP contribution < -0.4 is 14.8 Å². The third-order valence-electron chi connectivity index (χ3n) is 3.25. The number of hydrogen-bond acceptors (Lipinski definition) is 3. The molecule has 0 aliphatic carbocycles. The summed E-state index contributed by atoms with van der Waals surface area (Å²) in [5, 5.41) is 3.32. The van der Waals surface area contributed by atoms with Crippen LogP contribution in [0.2, 0.25) is 0 Å². The topological polar surface area (TPSA) is 30.5 Å². The lowest BCUT2D eigenvalue weighted by atomic mass is 10.0. The van der Waals surface area contributed by atoms with Crippen LogP contribution in [0.4, 0.5) is 0 Å². The van der Waals surface area contributed by atoms with Crippen molar-refractivity contribution in [2.75, 3.05) is 20.8 Å². The van der Waals surface area contributed by atoms with Gasteiger partial charge in [0.2, 0.25) is 0 Å². The van der Waals surface area contributed by atoms with Gasteiger partial charge in [0.05, 0.1) is 14.2 Å². The Morgan fingerprint density at radius 3 is 2.30 bits per heavy atom. The number of ether oxygens (including phenoxy) is 2. The van der Waals surface area contributed by atoms with Gasteiger partial charge in [0, 0.05) is 18.2 Å². The minimum atomic E-state index is 0.800. The second kappa shape index (κ2) is 6.96. The molecule has 0 fully saturated rings. The van der Waals surface area contributed by atoms with Crippen molar-refractivity contribution in [1.82, 2.24) is 5.32 Å². The van der Waals surface area contributed by atoms with Gasteiger partial charge in [0.1, 0.15) is 11.5 Å². The summed E-state index contributed by atoms with van der Waals surface area (Å²) >= 11 is 0. The van der Waals surface area contributed by atoms with Crippen molar-refractivity contribution in [3.8, 4) is 22.6 Å². The molecule has 20 heavy (non-hydrogen) atoms. The Morgan fingerprint density at radius 2 is 1.70 bits per heavy atom. The van der Waals surface area contributed by atoms with E-state index in [1.54, 1.807) is 14.2 Å². The Morgan fingerprint density at radius 1 is 0.950 bits per heavy atom. The highest BCUT2D eigenvalue weighted by Crippen LogP contribution is 2.33. The Bertz CT molecular complexity index is 549. The smallest absolute Gasteiger partial charge is 0.130 e. The highest BCUT2D eigenvalue weighted by Gasteiger charge is 2.07. The molecular formula is C17H21NO2.